The van der Waals surface area contributed by atoms with Gasteiger partial charge in [0.25, 0.3) is 0 Å². The summed E-state index contributed by atoms with van der Waals surface area (Å²) in [6.07, 6.45) is 4.90. The van der Waals surface area contributed by atoms with Crippen molar-refractivity contribution in [3.8, 4) is 0 Å². The molecule has 0 bridgehead atoms. The van der Waals surface area contributed by atoms with E-state index in [0.29, 0.717) is 6.04 Å². The van der Waals surface area contributed by atoms with Crippen molar-refractivity contribution in [2.45, 2.75) is 37.8 Å². The van der Waals surface area contributed by atoms with Gasteiger partial charge in [0.15, 0.2) is 0 Å². The van der Waals surface area contributed by atoms with Gasteiger partial charge < -0.3 is 10.5 Å². The van der Waals surface area contributed by atoms with Gasteiger partial charge in [-0.1, -0.05) is 30.3 Å². The first-order valence-electron chi connectivity index (χ1n) is 7.34. The van der Waals surface area contributed by atoms with Gasteiger partial charge in [0, 0.05) is 32.3 Å². The molecule has 1 saturated carbocycles. The summed E-state index contributed by atoms with van der Waals surface area (Å²) in [5, 5.41) is 0. The molecule has 0 heterocycles. The molecule has 106 valence electrons. The summed E-state index contributed by atoms with van der Waals surface area (Å²) >= 11 is 0. The van der Waals surface area contributed by atoms with Crippen LogP contribution in [0, 0.1) is 0 Å². The lowest BCUT2D eigenvalue weighted by molar-refractivity contribution is 0.112. The molecule has 1 aliphatic rings. The molecule has 0 radical (unpaired) electrons. The predicted molar refractivity (Wildman–Crippen MR) is 79.2 cm³/mol. The minimum Gasteiger partial charge on any atom is -0.383 e. The Labute approximate surface area is 116 Å². The van der Waals surface area contributed by atoms with Crippen LogP contribution >= 0.6 is 0 Å². The number of rotatable bonds is 9. The van der Waals surface area contributed by atoms with E-state index in [-0.39, 0.29) is 0 Å². The molecule has 1 fully saturated rings. The van der Waals surface area contributed by atoms with E-state index in [1.54, 1.807) is 7.11 Å². The molecule has 2 rings (SSSR count). The van der Waals surface area contributed by atoms with E-state index in [2.05, 4.69) is 35.2 Å². The molecule has 0 amide bonds. The zero-order chi connectivity index (χ0) is 13.5. The van der Waals surface area contributed by atoms with Crippen LogP contribution in [-0.2, 0) is 11.2 Å². The number of nitrogens with zero attached hydrogens (tertiary/aromatic N) is 1. The van der Waals surface area contributed by atoms with E-state index in [0.717, 1.165) is 38.6 Å². The predicted octanol–water partition coefficient (Wildman–Crippen LogP) is 2.06. The molecule has 1 unspecified atom stereocenters. The third-order valence-corrected chi connectivity index (χ3v) is 3.92. The van der Waals surface area contributed by atoms with Gasteiger partial charge in [-0.3, -0.25) is 4.90 Å². The van der Waals surface area contributed by atoms with Crippen LogP contribution in [0.15, 0.2) is 30.3 Å². The lowest BCUT2D eigenvalue weighted by Crippen LogP contribution is -2.44. The van der Waals surface area contributed by atoms with Crippen molar-refractivity contribution in [2.24, 2.45) is 5.73 Å². The van der Waals surface area contributed by atoms with Gasteiger partial charge in [-0.05, 0) is 31.2 Å². The fourth-order valence-corrected chi connectivity index (χ4v) is 2.66. The highest BCUT2D eigenvalue weighted by Crippen LogP contribution is 2.29. The third-order valence-electron chi connectivity index (χ3n) is 3.92. The molecule has 19 heavy (non-hydrogen) atoms. The van der Waals surface area contributed by atoms with Crippen LogP contribution in [0.5, 0.6) is 0 Å². The maximum Gasteiger partial charge on any atom is 0.0589 e. The largest absolute Gasteiger partial charge is 0.383 e. The van der Waals surface area contributed by atoms with Crippen LogP contribution in [0.1, 0.15) is 24.8 Å². The Hall–Kier alpha value is -0.900. The van der Waals surface area contributed by atoms with Crippen molar-refractivity contribution in [1.82, 2.24) is 4.90 Å². The summed E-state index contributed by atoms with van der Waals surface area (Å²) in [4.78, 5) is 2.56. The standard InChI is InChI=1S/C16H26N2O/c1-19-12-11-18(15-9-10-15)16(13-17)8-7-14-5-3-2-4-6-14/h2-6,15-16H,7-13,17H2,1H3. The Kier molecular flexibility index (Phi) is 5.83. The first-order chi connectivity index (χ1) is 9.35. The highest BCUT2D eigenvalue weighted by Gasteiger charge is 2.32. The van der Waals surface area contributed by atoms with Gasteiger partial charge >= 0.3 is 0 Å². The van der Waals surface area contributed by atoms with Gasteiger partial charge in [-0.2, -0.15) is 0 Å². The number of ether oxygens (including phenoxy) is 1. The van der Waals surface area contributed by atoms with Gasteiger partial charge in [0.1, 0.15) is 0 Å². The van der Waals surface area contributed by atoms with Gasteiger partial charge in [0.05, 0.1) is 6.61 Å². The monoisotopic (exact) mass is 262 g/mol. The summed E-state index contributed by atoms with van der Waals surface area (Å²) in [7, 11) is 1.77. The summed E-state index contributed by atoms with van der Waals surface area (Å²) in [6.45, 7) is 2.56. The molecule has 1 aromatic rings. The van der Waals surface area contributed by atoms with Gasteiger partial charge in [-0.15, -0.1) is 0 Å². The first kappa shape index (κ1) is 14.5. The summed E-state index contributed by atoms with van der Waals surface area (Å²) in [6, 6.07) is 11.9. The van der Waals surface area contributed by atoms with Crippen molar-refractivity contribution < 1.29 is 4.74 Å². The zero-order valence-corrected chi connectivity index (χ0v) is 11.9. The van der Waals surface area contributed by atoms with E-state index < -0.39 is 0 Å². The van der Waals surface area contributed by atoms with Crippen molar-refractivity contribution >= 4 is 0 Å². The summed E-state index contributed by atoms with van der Waals surface area (Å²) in [5.41, 5.74) is 7.40. The molecule has 0 aliphatic heterocycles. The Balaban J connectivity index is 1.86. The maximum atomic E-state index is 5.99. The van der Waals surface area contributed by atoms with Crippen LogP contribution in [0.2, 0.25) is 0 Å². The number of hydrogen-bond donors (Lipinski definition) is 1. The van der Waals surface area contributed by atoms with E-state index >= 15 is 0 Å². The third kappa shape index (κ3) is 4.60. The second-order valence-electron chi connectivity index (χ2n) is 5.38. The van der Waals surface area contributed by atoms with Crippen LogP contribution in [0.25, 0.3) is 0 Å². The fourth-order valence-electron chi connectivity index (χ4n) is 2.66. The Morgan fingerprint density at radius 3 is 2.63 bits per heavy atom. The lowest BCUT2D eigenvalue weighted by Gasteiger charge is -2.31. The SMILES string of the molecule is COCCN(C(CN)CCc1ccccc1)C1CC1. The van der Waals surface area contributed by atoms with Crippen LogP contribution in [-0.4, -0.2) is 43.8 Å². The Bertz CT molecular complexity index is 351. The van der Waals surface area contributed by atoms with Crippen LogP contribution < -0.4 is 5.73 Å². The van der Waals surface area contributed by atoms with Gasteiger partial charge in [-0.25, -0.2) is 0 Å². The summed E-state index contributed by atoms with van der Waals surface area (Å²) in [5.74, 6) is 0. The van der Waals surface area contributed by atoms with Gasteiger partial charge in [0.2, 0.25) is 0 Å². The molecule has 3 nitrogen and oxygen atoms in total. The molecule has 2 N–H and O–H groups in total. The second kappa shape index (κ2) is 7.63. The molecule has 1 atom stereocenters. The molecule has 3 heteroatoms. The smallest absolute Gasteiger partial charge is 0.0589 e. The normalized spacial score (nSPS) is 16.8. The van der Waals surface area contributed by atoms with E-state index in [1.807, 2.05) is 0 Å². The number of hydrogen-bond acceptors (Lipinski definition) is 3. The number of benzene rings is 1. The molecule has 0 saturated heterocycles. The highest BCUT2D eigenvalue weighted by molar-refractivity contribution is 5.14. The van der Waals surface area contributed by atoms with E-state index in [4.69, 9.17) is 10.5 Å². The van der Waals surface area contributed by atoms with Crippen molar-refractivity contribution in [3.63, 3.8) is 0 Å². The van der Waals surface area contributed by atoms with Crippen molar-refractivity contribution in [1.29, 1.82) is 0 Å². The first-order valence-corrected chi connectivity index (χ1v) is 7.34. The fraction of sp³-hybridized carbons (Fsp3) is 0.625. The van der Waals surface area contributed by atoms with Crippen LogP contribution in [0.3, 0.4) is 0 Å². The van der Waals surface area contributed by atoms with E-state index in [9.17, 15) is 0 Å². The molecular formula is C16H26N2O. The maximum absolute atomic E-state index is 5.99. The average molecular weight is 262 g/mol. The Morgan fingerprint density at radius 2 is 2.05 bits per heavy atom. The molecule has 0 aromatic heterocycles. The number of aryl methyl sites for hydroxylation is 1. The summed E-state index contributed by atoms with van der Waals surface area (Å²) < 4.78 is 5.23. The number of nitrogens with two attached hydrogens (primary N) is 1. The average Bonchev–Trinajstić information content (AvgIpc) is 3.28. The van der Waals surface area contributed by atoms with E-state index in [1.165, 1.54) is 18.4 Å². The topological polar surface area (TPSA) is 38.5 Å². The molecule has 1 aromatic carbocycles. The number of methoxy groups -OCH3 is 1. The second-order valence-corrected chi connectivity index (χ2v) is 5.38. The van der Waals surface area contributed by atoms with Crippen molar-refractivity contribution in [3.05, 3.63) is 35.9 Å². The highest BCUT2D eigenvalue weighted by atomic mass is 16.5. The molecular weight excluding hydrogens is 236 g/mol. The van der Waals surface area contributed by atoms with Crippen molar-refractivity contribution in [2.75, 3.05) is 26.8 Å². The molecule has 1 aliphatic carbocycles. The molecule has 0 spiro atoms. The minimum atomic E-state index is 0.489. The quantitative estimate of drug-likeness (QED) is 0.740. The minimum absolute atomic E-state index is 0.489. The Morgan fingerprint density at radius 1 is 1.32 bits per heavy atom. The lowest BCUT2D eigenvalue weighted by atomic mass is 10.0. The van der Waals surface area contributed by atoms with Crippen LogP contribution in [0.4, 0.5) is 0 Å². The zero-order valence-electron chi connectivity index (χ0n) is 11.9.